The Bertz CT molecular complexity index is 899. The molecule has 0 amide bonds. The van der Waals surface area contributed by atoms with Gasteiger partial charge in [0.1, 0.15) is 0 Å². The molecule has 1 aliphatic rings. The van der Waals surface area contributed by atoms with E-state index in [1.165, 1.54) is 11.1 Å². The van der Waals surface area contributed by atoms with Gasteiger partial charge in [0.2, 0.25) is 11.8 Å². The molecule has 0 bridgehead atoms. The number of hydrogen-bond acceptors (Lipinski definition) is 5. The molecule has 4 rings (SSSR count). The van der Waals surface area contributed by atoms with Crippen molar-refractivity contribution in [2.75, 3.05) is 26.2 Å². The lowest BCUT2D eigenvalue weighted by Crippen LogP contribution is -2.46. The molecule has 146 valence electrons. The van der Waals surface area contributed by atoms with Gasteiger partial charge in [0.15, 0.2) is 0 Å². The maximum Gasteiger partial charge on any atom is 0.247 e. The molecule has 1 unspecified atom stereocenters. The van der Waals surface area contributed by atoms with Gasteiger partial charge in [-0.1, -0.05) is 41.4 Å². The summed E-state index contributed by atoms with van der Waals surface area (Å²) in [7, 11) is 0. The lowest BCUT2D eigenvalue weighted by molar-refractivity contribution is 0.0876. The minimum Gasteiger partial charge on any atom is -0.419 e. The molecule has 28 heavy (non-hydrogen) atoms. The first-order valence-electron chi connectivity index (χ1n) is 9.70. The molecule has 0 saturated carbocycles. The van der Waals surface area contributed by atoms with Crippen molar-refractivity contribution in [2.24, 2.45) is 0 Å². The third-order valence-electron chi connectivity index (χ3n) is 5.37. The zero-order valence-corrected chi connectivity index (χ0v) is 17.1. The number of hydrogen-bond donors (Lipinski definition) is 0. The summed E-state index contributed by atoms with van der Waals surface area (Å²) in [6.07, 6.45) is 0. The van der Waals surface area contributed by atoms with E-state index in [1.54, 1.807) is 0 Å². The maximum atomic E-state index is 5.97. The molecule has 3 aromatic rings. The molecule has 1 aliphatic heterocycles. The summed E-state index contributed by atoms with van der Waals surface area (Å²) >= 11 is 5.97. The van der Waals surface area contributed by atoms with Crippen molar-refractivity contribution in [3.05, 3.63) is 70.6 Å². The Morgan fingerprint density at radius 3 is 2.32 bits per heavy atom. The van der Waals surface area contributed by atoms with E-state index < -0.39 is 0 Å². The first-order valence-corrected chi connectivity index (χ1v) is 10.1. The van der Waals surface area contributed by atoms with E-state index in [-0.39, 0.29) is 6.04 Å². The topological polar surface area (TPSA) is 45.4 Å². The normalized spacial score (nSPS) is 17.0. The molecule has 0 radical (unpaired) electrons. The summed E-state index contributed by atoms with van der Waals surface area (Å²) in [5, 5.41) is 9.33. The molecule has 1 atom stereocenters. The van der Waals surface area contributed by atoms with Crippen LogP contribution in [0.3, 0.4) is 0 Å². The summed E-state index contributed by atoms with van der Waals surface area (Å²) in [6.45, 7) is 9.17. The minimum atomic E-state index is 0.115. The highest BCUT2D eigenvalue weighted by atomic mass is 35.5. The Hall–Kier alpha value is -2.21. The summed E-state index contributed by atoms with van der Waals surface area (Å²) in [6, 6.07) is 16.4. The SMILES string of the molecule is Cc1ccc(-c2nnc(C(C)N3CCN(Cc4ccc(Cl)cc4)CC3)o2)cc1. The van der Waals surface area contributed by atoms with Crippen LogP contribution in [0.25, 0.3) is 11.5 Å². The second-order valence-electron chi connectivity index (χ2n) is 7.43. The van der Waals surface area contributed by atoms with Gasteiger partial charge in [-0.2, -0.15) is 0 Å². The van der Waals surface area contributed by atoms with Crippen molar-refractivity contribution in [3.8, 4) is 11.5 Å². The highest BCUT2D eigenvalue weighted by Gasteiger charge is 2.25. The monoisotopic (exact) mass is 396 g/mol. The number of halogens is 1. The number of aromatic nitrogens is 2. The fourth-order valence-electron chi connectivity index (χ4n) is 3.53. The smallest absolute Gasteiger partial charge is 0.247 e. The van der Waals surface area contributed by atoms with Gasteiger partial charge in [0.05, 0.1) is 6.04 Å². The lowest BCUT2D eigenvalue weighted by Gasteiger charge is -2.36. The van der Waals surface area contributed by atoms with Crippen molar-refractivity contribution in [1.82, 2.24) is 20.0 Å². The lowest BCUT2D eigenvalue weighted by atomic mass is 10.1. The second kappa shape index (κ2) is 8.43. The van der Waals surface area contributed by atoms with Crippen LogP contribution >= 0.6 is 11.6 Å². The van der Waals surface area contributed by atoms with Crippen molar-refractivity contribution < 1.29 is 4.42 Å². The number of aryl methyl sites for hydroxylation is 1. The van der Waals surface area contributed by atoms with Crippen LogP contribution in [0.1, 0.15) is 30.0 Å². The highest BCUT2D eigenvalue weighted by molar-refractivity contribution is 6.30. The molecule has 1 fully saturated rings. The number of rotatable bonds is 5. The van der Waals surface area contributed by atoms with Gasteiger partial charge in [-0.15, -0.1) is 10.2 Å². The van der Waals surface area contributed by atoms with Gasteiger partial charge in [-0.25, -0.2) is 0 Å². The molecule has 2 aromatic carbocycles. The van der Waals surface area contributed by atoms with Gasteiger partial charge in [0, 0.05) is 43.3 Å². The Morgan fingerprint density at radius 2 is 1.64 bits per heavy atom. The Labute approximate surface area is 170 Å². The number of benzene rings is 2. The van der Waals surface area contributed by atoms with E-state index in [0.29, 0.717) is 11.8 Å². The Balaban J connectivity index is 1.34. The van der Waals surface area contributed by atoms with Crippen LogP contribution in [-0.2, 0) is 6.54 Å². The van der Waals surface area contributed by atoms with Crippen molar-refractivity contribution >= 4 is 11.6 Å². The van der Waals surface area contributed by atoms with E-state index in [2.05, 4.69) is 58.1 Å². The van der Waals surface area contributed by atoms with Gasteiger partial charge in [0.25, 0.3) is 0 Å². The third kappa shape index (κ3) is 4.43. The molecule has 1 saturated heterocycles. The van der Waals surface area contributed by atoms with Crippen molar-refractivity contribution in [2.45, 2.75) is 26.4 Å². The van der Waals surface area contributed by atoms with Gasteiger partial charge in [-0.05, 0) is 43.7 Å². The van der Waals surface area contributed by atoms with Crippen LogP contribution < -0.4 is 0 Å². The first-order chi connectivity index (χ1) is 13.6. The molecule has 6 heteroatoms. The van der Waals surface area contributed by atoms with E-state index in [0.717, 1.165) is 43.3 Å². The van der Waals surface area contributed by atoms with E-state index >= 15 is 0 Å². The fraction of sp³-hybridized carbons (Fsp3) is 0.364. The Kier molecular flexibility index (Phi) is 5.76. The summed E-state index contributed by atoms with van der Waals surface area (Å²) in [5.41, 5.74) is 3.48. The fourth-order valence-corrected chi connectivity index (χ4v) is 3.66. The van der Waals surface area contributed by atoms with E-state index in [4.69, 9.17) is 16.0 Å². The molecule has 1 aromatic heterocycles. The minimum absolute atomic E-state index is 0.115. The molecule has 2 heterocycles. The van der Waals surface area contributed by atoms with Crippen molar-refractivity contribution in [1.29, 1.82) is 0 Å². The third-order valence-corrected chi connectivity index (χ3v) is 5.62. The zero-order valence-electron chi connectivity index (χ0n) is 16.3. The van der Waals surface area contributed by atoms with Crippen LogP contribution in [0.5, 0.6) is 0 Å². The van der Waals surface area contributed by atoms with E-state index in [9.17, 15) is 0 Å². The number of piperazine rings is 1. The molecular weight excluding hydrogens is 372 g/mol. The summed E-state index contributed by atoms with van der Waals surface area (Å²) in [4.78, 5) is 4.88. The number of nitrogens with zero attached hydrogens (tertiary/aromatic N) is 4. The maximum absolute atomic E-state index is 5.97. The van der Waals surface area contributed by atoms with Gasteiger partial charge >= 0.3 is 0 Å². The van der Waals surface area contributed by atoms with Crippen LogP contribution in [0.2, 0.25) is 5.02 Å². The molecular formula is C22H25ClN4O. The molecule has 0 N–H and O–H groups in total. The van der Waals surface area contributed by atoms with Crippen LogP contribution in [-0.4, -0.2) is 46.2 Å². The van der Waals surface area contributed by atoms with Crippen LogP contribution in [0, 0.1) is 6.92 Å². The predicted molar refractivity (Wildman–Crippen MR) is 111 cm³/mol. The van der Waals surface area contributed by atoms with Gasteiger partial charge in [-0.3, -0.25) is 9.80 Å². The average Bonchev–Trinajstić information content (AvgIpc) is 3.20. The molecule has 5 nitrogen and oxygen atoms in total. The summed E-state index contributed by atoms with van der Waals surface area (Å²) in [5.74, 6) is 1.27. The largest absolute Gasteiger partial charge is 0.419 e. The van der Waals surface area contributed by atoms with Crippen LogP contribution in [0.15, 0.2) is 52.9 Å². The standard InChI is InChI=1S/C22H25ClN4O/c1-16-3-7-19(8-4-16)22-25-24-21(28-22)17(2)27-13-11-26(12-14-27)15-18-5-9-20(23)10-6-18/h3-10,17H,11-15H2,1-2H3. The summed E-state index contributed by atoms with van der Waals surface area (Å²) < 4.78 is 5.97. The second-order valence-corrected chi connectivity index (χ2v) is 7.86. The first kappa shape index (κ1) is 19.1. The Morgan fingerprint density at radius 1 is 0.964 bits per heavy atom. The predicted octanol–water partition coefficient (Wildman–Crippen LogP) is 4.58. The average molecular weight is 397 g/mol. The quantitative estimate of drug-likeness (QED) is 0.631. The zero-order chi connectivity index (χ0) is 19.5. The van der Waals surface area contributed by atoms with Crippen molar-refractivity contribution in [3.63, 3.8) is 0 Å². The van der Waals surface area contributed by atoms with E-state index in [1.807, 2.05) is 24.3 Å². The van der Waals surface area contributed by atoms with Gasteiger partial charge < -0.3 is 4.42 Å². The highest BCUT2D eigenvalue weighted by Crippen LogP contribution is 2.25. The molecule has 0 aliphatic carbocycles. The van der Waals surface area contributed by atoms with Crippen LogP contribution in [0.4, 0.5) is 0 Å². The molecule has 0 spiro atoms.